The molecule has 0 spiro atoms. The van der Waals surface area contributed by atoms with E-state index in [0.717, 1.165) is 259 Å². The molecule has 0 saturated heterocycles. The van der Waals surface area contributed by atoms with Gasteiger partial charge in [0.05, 0.1) is 142 Å². The van der Waals surface area contributed by atoms with Crippen LogP contribution in [0.2, 0.25) is 0 Å². The molecule has 0 aliphatic rings. The van der Waals surface area contributed by atoms with Crippen LogP contribution in [-0.4, -0.2) is 275 Å². The Morgan fingerprint density at radius 1 is 0.209 bits per heavy atom. The van der Waals surface area contributed by atoms with Crippen LogP contribution in [0, 0.1) is 27.6 Å². The molecule has 26 heteroatoms. The fraction of sp³-hybridized carbons (Fsp3) is 0.963. The van der Waals surface area contributed by atoms with Gasteiger partial charge in [-0.1, -0.05) is 253 Å². The number of hydrogen-bond acceptors (Lipinski definition) is 22. The number of nitrogens with one attached hydrogen (secondary N) is 4. The lowest BCUT2D eigenvalue weighted by atomic mass is 9.92. The van der Waals surface area contributed by atoms with Gasteiger partial charge in [-0.3, -0.25) is 9.59 Å². The van der Waals surface area contributed by atoms with E-state index >= 15 is 0 Å². The van der Waals surface area contributed by atoms with Gasteiger partial charge in [-0.15, -0.1) is 0 Å². The van der Waals surface area contributed by atoms with E-state index in [9.17, 15) is 19.2 Å². The summed E-state index contributed by atoms with van der Waals surface area (Å²) in [6.45, 7) is 70.9. The molecule has 0 saturated carbocycles. The number of amides is 4. The summed E-state index contributed by atoms with van der Waals surface area (Å²) in [7, 11) is 2.71. The fourth-order valence-corrected chi connectivity index (χ4v) is 12.6. The lowest BCUT2D eigenvalue weighted by Gasteiger charge is -2.33. The van der Waals surface area contributed by atoms with Crippen molar-refractivity contribution in [3.8, 4) is 0 Å². The molecule has 134 heavy (non-hydrogen) atoms. The first kappa shape index (κ1) is 146. The summed E-state index contributed by atoms with van der Waals surface area (Å²) in [5, 5.41) is 11.1. The molecule has 1 unspecified atom stereocenters. The average Bonchev–Trinajstić information content (AvgIpc) is 0.815. The quantitative estimate of drug-likeness (QED) is 0.0325. The second-order valence-corrected chi connectivity index (χ2v) is 35.3. The lowest BCUT2D eigenvalue weighted by molar-refractivity contribution is -0.135. The second-order valence-electron chi connectivity index (χ2n) is 35.3. The first-order valence-electron chi connectivity index (χ1n) is 54.1. The number of carbonyl (C=O) groups is 4. The normalized spacial score (nSPS) is 11.5. The van der Waals surface area contributed by atoms with Crippen LogP contribution in [0.5, 0.6) is 0 Å². The SMILES string of the molecule is C.CCCCC(C(=O)NCCC)C(=O)NCCC.CCCCC(CCCCNC(=O)OC)NC(=O)OC.CCCCCCCCC.CCCCOCC(COCC)(COCC)COCC.CCCCOCC(COCC)(COCC)COCCCC.CCCCOCC(COCC)(COCCCC)COCCCC.CCCCOCC(COCCCC)(COCCCC)COCCCC. The zero-order valence-corrected chi connectivity index (χ0v) is 91.8. The van der Waals surface area contributed by atoms with Crippen molar-refractivity contribution in [3.63, 3.8) is 0 Å². The van der Waals surface area contributed by atoms with E-state index in [2.05, 4.69) is 128 Å². The Labute approximate surface area is 828 Å². The van der Waals surface area contributed by atoms with E-state index in [0.29, 0.717) is 171 Å². The van der Waals surface area contributed by atoms with E-state index in [1.807, 2.05) is 55.4 Å². The molecule has 0 aliphatic heterocycles. The van der Waals surface area contributed by atoms with Crippen molar-refractivity contribution in [1.29, 1.82) is 0 Å². The molecule has 4 N–H and O–H groups in total. The molecule has 0 aromatic heterocycles. The first-order chi connectivity index (χ1) is 64.7. The minimum Gasteiger partial charge on any atom is -0.453 e. The molecule has 26 nitrogen and oxygen atoms in total. The number of alkyl carbamates (subject to hydrolysis) is 2. The Balaban J connectivity index is -0.000000233. The van der Waals surface area contributed by atoms with Crippen LogP contribution in [0.25, 0.3) is 0 Å². The van der Waals surface area contributed by atoms with E-state index in [1.54, 1.807) is 0 Å². The van der Waals surface area contributed by atoms with Gasteiger partial charge in [0.15, 0.2) is 0 Å². The molecular weight excluding hydrogens is 1710 g/mol. The third-order valence-corrected chi connectivity index (χ3v) is 21.3. The number of rotatable bonds is 92. The Kier molecular flexibility index (Phi) is 131. The number of ether oxygens (including phenoxy) is 18. The minimum absolute atomic E-state index is 0. The maximum Gasteiger partial charge on any atom is 0.407 e. The fourth-order valence-electron chi connectivity index (χ4n) is 12.6. The summed E-state index contributed by atoms with van der Waals surface area (Å²) in [5.74, 6) is -0.782. The molecule has 1 atom stereocenters. The van der Waals surface area contributed by atoms with Crippen molar-refractivity contribution in [3.05, 3.63) is 0 Å². The Hall–Kier alpha value is -3.16. The van der Waals surface area contributed by atoms with E-state index in [1.165, 1.54) is 59.2 Å². The summed E-state index contributed by atoms with van der Waals surface area (Å²) in [4.78, 5) is 45.7. The van der Waals surface area contributed by atoms with Gasteiger partial charge in [0.1, 0.15) is 5.92 Å². The van der Waals surface area contributed by atoms with Crippen LogP contribution in [-0.2, 0) is 94.9 Å². The van der Waals surface area contributed by atoms with Gasteiger partial charge in [-0.25, -0.2) is 9.59 Å². The van der Waals surface area contributed by atoms with E-state index in [4.69, 9.17) is 75.8 Å². The monoisotopic (exact) mass is 1930 g/mol. The number of unbranched alkanes of at least 4 members (excludes halogenated alkanes) is 19. The minimum atomic E-state index is -0.520. The van der Waals surface area contributed by atoms with E-state index < -0.39 is 12.0 Å². The van der Waals surface area contributed by atoms with Crippen LogP contribution in [0.3, 0.4) is 0 Å². The molecule has 812 valence electrons. The van der Waals surface area contributed by atoms with Gasteiger partial charge in [0.2, 0.25) is 11.8 Å². The Morgan fingerprint density at radius 2 is 0.410 bits per heavy atom. The molecule has 0 aromatic rings. The molecule has 0 aromatic carbocycles. The molecule has 0 rings (SSSR count). The van der Waals surface area contributed by atoms with Crippen LogP contribution >= 0.6 is 0 Å². The van der Waals surface area contributed by atoms with Crippen LogP contribution < -0.4 is 21.3 Å². The highest BCUT2D eigenvalue weighted by Crippen LogP contribution is 2.26. The molecule has 0 fully saturated rings. The summed E-state index contributed by atoms with van der Waals surface area (Å²) >= 11 is 0. The predicted octanol–water partition coefficient (Wildman–Crippen LogP) is 24.9. The molecule has 0 radical (unpaired) electrons. The summed E-state index contributed by atoms with van der Waals surface area (Å²) in [5.41, 5.74) is -0.753. The van der Waals surface area contributed by atoms with Gasteiger partial charge >= 0.3 is 12.2 Å². The van der Waals surface area contributed by atoms with Gasteiger partial charge in [0, 0.05) is 131 Å². The van der Waals surface area contributed by atoms with Crippen LogP contribution in [0.4, 0.5) is 9.59 Å². The molecule has 4 amide bonds. The van der Waals surface area contributed by atoms with Crippen molar-refractivity contribution in [2.45, 2.75) is 410 Å². The largest absolute Gasteiger partial charge is 0.453 e. The van der Waals surface area contributed by atoms with Crippen molar-refractivity contribution in [2.24, 2.45) is 27.6 Å². The zero-order chi connectivity index (χ0) is 101. The average molecular weight is 1940 g/mol. The number of hydrogen-bond donors (Lipinski definition) is 4. The topological polar surface area (TPSA) is 283 Å². The lowest BCUT2D eigenvalue weighted by Crippen LogP contribution is -2.42. The molecule has 0 bridgehead atoms. The highest BCUT2D eigenvalue weighted by atomic mass is 16.6. The van der Waals surface area contributed by atoms with Gasteiger partial charge in [-0.05, 0) is 151 Å². The summed E-state index contributed by atoms with van der Waals surface area (Å²) < 4.78 is 102. The summed E-state index contributed by atoms with van der Waals surface area (Å²) in [6.07, 6.45) is 41.8. The molecule has 0 aliphatic carbocycles. The predicted molar refractivity (Wildman–Crippen MR) is 559 cm³/mol. The highest BCUT2D eigenvalue weighted by molar-refractivity contribution is 6.00. The Morgan fingerprint density at radius 3 is 0.612 bits per heavy atom. The first-order valence-corrected chi connectivity index (χ1v) is 54.1. The zero-order valence-electron chi connectivity index (χ0n) is 91.8. The third-order valence-electron chi connectivity index (χ3n) is 21.3. The van der Waals surface area contributed by atoms with Gasteiger partial charge in [-0.2, -0.15) is 0 Å². The van der Waals surface area contributed by atoms with Crippen LogP contribution in [0.15, 0.2) is 0 Å². The van der Waals surface area contributed by atoms with Gasteiger partial charge < -0.3 is 107 Å². The smallest absolute Gasteiger partial charge is 0.407 e. The maximum absolute atomic E-state index is 11.8. The van der Waals surface area contributed by atoms with Crippen LogP contribution in [0.1, 0.15) is 404 Å². The summed E-state index contributed by atoms with van der Waals surface area (Å²) in [6, 6.07) is 0.144. The third kappa shape index (κ3) is 103. The molecular formula is C108H228N4O22. The molecule has 0 heterocycles. The highest BCUT2D eigenvalue weighted by Gasteiger charge is 2.36. The van der Waals surface area contributed by atoms with Crippen molar-refractivity contribution in [2.75, 3.05) is 245 Å². The maximum atomic E-state index is 11.8. The van der Waals surface area contributed by atoms with E-state index in [-0.39, 0.29) is 53.0 Å². The van der Waals surface area contributed by atoms with Gasteiger partial charge in [0.25, 0.3) is 0 Å². The number of methoxy groups -OCH3 is 2. The Bertz CT molecular complexity index is 2080. The van der Waals surface area contributed by atoms with Crippen molar-refractivity contribution < 1.29 is 104 Å². The standard InChI is InChI=1S/C21H44O4.C19H40O4.C17H36O4.C15H32O4.C13H26N2O4.C13H26N2O2.C9H20.CH4/c1-5-9-13-22-17-21(18-23-14-10-6-2,19-24-15-11-7-3)20-25-16-12-8-4;1-5-9-12-21-16-19(15-20-8-4,17-22-13-10-6-2)18-23-14-11-7-3;1-5-9-11-20-15-17(13-18-7-3,14-19-8-4)16-21-12-10-6-2;1-5-9-10-19-14-15(11-16-6-2,12-17-7-3)13-18-8-4;1-4-5-8-11(15-13(17)19-3)9-6-7-10-14-12(16)18-2;1-4-7-8-11(12(16)14-9-5-2)13(17)15-10-6-3;1-3-5-7-9-8-6-4-2;/h5-20H2,1-4H3;5-18H2,1-4H3;5-16H2,1-4H3;5-14H2,1-4H3;11H,4-10H2,1-3H3,(H,14,16)(H,15,17);11H,4-10H2,1-3H3,(H,14,16)(H,15,17);3-9H2,1-2H3;1H4. The number of carbonyl (C=O) groups excluding carboxylic acids is 4. The second kappa shape index (κ2) is 120. The van der Waals surface area contributed by atoms with Crippen molar-refractivity contribution in [1.82, 2.24) is 21.3 Å². The van der Waals surface area contributed by atoms with Crippen molar-refractivity contribution >= 4 is 24.0 Å².